The van der Waals surface area contributed by atoms with Crippen molar-refractivity contribution in [2.75, 3.05) is 5.73 Å². The quantitative estimate of drug-likeness (QED) is 0.0727. The van der Waals surface area contributed by atoms with Gasteiger partial charge in [-0.15, -0.1) is 15.3 Å². The van der Waals surface area contributed by atoms with Crippen LogP contribution in [0.4, 0.5) is 28.4 Å². The zero-order chi connectivity index (χ0) is 32.8. The first-order valence-electron chi connectivity index (χ1n) is 11.2. The Morgan fingerprint density at radius 1 is 0.604 bits per heavy atom. The summed E-state index contributed by atoms with van der Waals surface area (Å²) >= 11 is 0. The molecule has 0 amide bonds. The van der Waals surface area contributed by atoms with Crippen LogP contribution in [0, 0.1) is 0 Å². The monoisotopic (exact) mass is 775 g/mol. The molecule has 4 aromatic carbocycles. The molecular formula is C22H13N5Na4O13S4. The van der Waals surface area contributed by atoms with Gasteiger partial charge < -0.3 is 24.5 Å². The first-order chi connectivity index (χ1) is 20.2. The molecule has 26 heteroatoms. The number of anilines is 1. The normalized spacial score (nSPS) is 12.2. The van der Waals surface area contributed by atoms with E-state index in [2.05, 4.69) is 20.5 Å². The van der Waals surface area contributed by atoms with Crippen molar-refractivity contribution in [3.63, 3.8) is 0 Å². The molecule has 3 N–H and O–H groups in total. The summed E-state index contributed by atoms with van der Waals surface area (Å²) in [4.78, 5) is -4.12. The SMILES string of the molecule is Nc1c(N=Nc2cccc(S(=O)(=O)[O-])c2)c(S(=O)(=O)[O-])cc2cc(S(=O)(=O)O)c(N=Nc3ccccc3S(=O)(=O)[O-])c([O-])c12.[Na+].[Na+].[Na+].[Na+]. The summed E-state index contributed by atoms with van der Waals surface area (Å²) in [6.45, 7) is 0. The Kier molecular flexibility index (Phi) is 17.7. The maximum atomic E-state index is 13.5. The molecule has 0 saturated heterocycles. The average molecular weight is 776 g/mol. The summed E-state index contributed by atoms with van der Waals surface area (Å²) in [6.07, 6.45) is 0. The van der Waals surface area contributed by atoms with Crippen molar-refractivity contribution in [1.29, 1.82) is 0 Å². The van der Waals surface area contributed by atoms with E-state index in [4.69, 9.17) is 5.73 Å². The van der Waals surface area contributed by atoms with E-state index in [-0.39, 0.29) is 124 Å². The van der Waals surface area contributed by atoms with Crippen molar-refractivity contribution >= 4 is 79.7 Å². The third-order valence-electron chi connectivity index (χ3n) is 5.61. The topological polar surface area (TPSA) is 324 Å². The van der Waals surface area contributed by atoms with Gasteiger partial charge in [-0.25, -0.2) is 25.3 Å². The molecule has 4 aromatic rings. The van der Waals surface area contributed by atoms with E-state index in [0.29, 0.717) is 12.1 Å². The second kappa shape index (κ2) is 17.9. The van der Waals surface area contributed by atoms with Gasteiger partial charge in [0.25, 0.3) is 10.1 Å². The van der Waals surface area contributed by atoms with Crippen LogP contribution in [0.2, 0.25) is 0 Å². The van der Waals surface area contributed by atoms with Gasteiger partial charge in [-0.1, -0.05) is 23.9 Å². The van der Waals surface area contributed by atoms with Crippen molar-refractivity contribution in [3.05, 3.63) is 60.7 Å². The van der Waals surface area contributed by atoms with Gasteiger partial charge in [0.05, 0.1) is 31.7 Å². The Morgan fingerprint density at radius 3 is 1.69 bits per heavy atom. The minimum absolute atomic E-state index is 0. The van der Waals surface area contributed by atoms with Crippen molar-refractivity contribution < 1.29 is 175 Å². The molecule has 48 heavy (non-hydrogen) atoms. The van der Waals surface area contributed by atoms with Gasteiger partial charge in [0.15, 0.2) is 0 Å². The van der Waals surface area contributed by atoms with Crippen LogP contribution < -0.4 is 129 Å². The van der Waals surface area contributed by atoms with Crippen molar-refractivity contribution in [1.82, 2.24) is 0 Å². The molecule has 0 saturated carbocycles. The molecule has 0 aliphatic heterocycles. The number of nitrogens with two attached hydrogens (primary N) is 1. The van der Waals surface area contributed by atoms with Gasteiger partial charge >= 0.3 is 118 Å². The molecule has 18 nitrogen and oxygen atoms in total. The van der Waals surface area contributed by atoms with Crippen molar-refractivity contribution in [2.24, 2.45) is 20.5 Å². The van der Waals surface area contributed by atoms with E-state index in [0.717, 1.165) is 42.5 Å². The molecule has 0 unspecified atom stereocenters. The molecular weight excluding hydrogens is 762 g/mol. The van der Waals surface area contributed by atoms with Crippen LogP contribution in [0.3, 0.4) is 0 Å². The fraction of sp³-hybridized carbons (Fsp3) is 0. The van der Waals surface area contributed by atoms with Gasteiger partial charge in [-0.05, 0) is 47.9 Å². The predicted octanol–water partition coefficient (Wildman–Crippen LogP) is -9.70. The fourth-order valence-corrected chi connectivity index (χ4v) is 6.18. The van der Waals surface area contributed by atoms with Gasteiger partial charge in [0.1, 0.15) is 46.6 Å². The summed E-state index contributed by atoms with van der Waals surface area (Å²) in [5.41, 5.74) is 2.04. The van der Waals surface area contributed by atoms with E-state index in [9.17, 15) is 57.0 Å². The molecule has 0 heterocycles. The Labute approximate surface area is 361 Å². The molecule has 0 bridgehead atoms. The second-order valence-corrected chi connectivity index (χ2v) is 14.0. The molecule has 0 atom stereocenters. The van der Waals surface area contributed by atoms with Crippen LogP contribution in [0.5, 0.6) is 5.75 Å². The van der Waals surface area contributed by atoms with E-state index >= 15 is 0 Å². The molecule has 4 rings (SSSR count). The third-order valence-corrected chi connectivity index (χ3v) is 9.04. The Hall–Kier alpha value is -0.420. The molecule has 0 spiro atoms. The number of fused-ring (bicyclic) bond motifs is 1. The minimum Gasteiger partial charge on any atom is -0.870 e. The van der Waals surface area contributed by atoms with Crippen LogP contribution in [-0.4, -0.2) is 51.9 Å². The number of rotatable bonds is 8. The molecule has 0 aliphatic carbocycles. The Balaban J connectivity index is 0.00000552. The van der Waals surface area contributed by atoms with Crippen molar-refractivity contribution in [2.45, 2.75) is 19.6 Å². The largest absolute Gasteiger partial charge is 1.00 e. The maximum absolute atomic E-state index is 13.5. The third kappa shape index (κ3) is 11.0. The van der Waals surface area contributed by atoms with E-state index in [1.54, 1.807) is 0 Å². The van der Waals surface area contributed by atoms with Gasteiger partial charge in [-0.3, -0.25) is 4.55 Å². The number of nitrogen functional groups attached to an aromatic ring is 1. The smallest absolute Gasteiger partial charge is 0.870 e. The Morgan fingerprint density at radius 2 is 1.15 bits per heavy atom. The summed E-state index contributed by atoms with van der Waals surface area (Å²) < 4.78 is 139. The molecule has 0 fully saturated rings. The predicted molar refractivity (Wildman–Crippen MR) is 143 cm³/mol. The van der Waals surface area contributed by atoms with Crippen LogP contribution in [-0.2, 0) is 40.5 Å². The number of benzene rings is 4. The van der Waals surface area contributed by atoms with Crippen LogP contribution in [0.1, 0.15) is 0 Å². The molecule has 232 valence electrons. The summed E-state index contributed by atoms with van der Waals surface area (Å²) in [5, 5.41) is 26.2. The number of nitrogens with zero attached hydrogens (tertiary/aromatic N) is 4. The van der Waals surface area contributed by atoms with E-state index in [1.807, 2.05) is 0 Å². The number of hydrogen-bond donors (Lipinski definition) is 2. The Bertz CT molecular complexity index is 2380. The summed E-state index contributed by atoms with van der Waals surface area (Å²) in [5.74, 6) is -1.44. The molecule has 0 aromatic heterocycles. The average Bonchev–Trinajstić information content (AvgIpc) is 2.89. The molecule has 0 radical (unpaired) electrons. The van der Waals surface area contributed by atoms with Crippen LogP contribution in [0.25, 0.3) is 10.8 Å². The zero-order valence-electron chi connectivity index (χ0n) is 25.1. The van der Waals surface area contributed by atoms with Gasteiger partial charge in [-0.2, -0.15) is 13.5 Å². The summed E-state index contributed by atoms with van der Waals surface area (Å²) in [6, 6.07) is 9.15. The molecule has 0 aliphatic rings. The minimum atomic E-state index is -5.49. The van der Waals surface area contributed by atoms with Crippen LogP contribution in [0.15, 0.2) is 101 Å². The van der Waals surface area contributed by atoms with Gasteiger partial charge in [0, 0.05) is 5.39 Å². The van der Waals surface area contributed by atoms with Crippen molar-refractivity contribution in [3.8, 4) is 5.75 Å². The van der Waals surface area contributed by atoms with Gasteiger partial charge in [0.2, 0.25) is 0 Å². The standard InChI is InChI=1S/C22H17N5O13S4.4Na/c23-19-18-11(8-16(43(35,36)37)20(19)26-24-12-4-3-5-13(10-12)41(29,30)31)9-17(44(38,39)40)21(22(18)28)27-25-14-6-1-2-7-15(14)42(32,33)34;;;;/h1-10,28H,23H2,(H,29,30,31)(H,32,33,34)(H,35,36,37)(H,38,39,40);;;;/q;4*+1/p-4. The first-order valence-corrected chi connectivity index (χ1v) is 16.8. The maximum Gasteiger partial charge on any atom is 1.00 e. The van der Waals surface area contributed by atoms with E-state index < -0.39 is 99.3 Å². The van der Waals surface area contributed by atoms with Crippen LogP contribution >= 0.6 is 0 Å². The fourth-order valence-electron chi connectivity index (χ4n) is 3.74. The number of azo groups is 2. The van der Waals surface area contributed by atoms with E-state index in [1.165, 1.54) is 6.07 Å². The second-order valence-electron chi connectivity index (χ2n) is 8.49. The summed E-state index contributed by atoms with van der Waals surface area (Å²) in [7, 11) is -20.9. The number of hydrogen-bond acceptors (Lipinski definition) is 17. The first kappa shape index (κ1) is 47.6. The zero-order valence-corrected chi connectivity index (χ0v) is 36.4.